The first-order valence-electron chi connectivity index (χ1n) is 23.3. The Balaban J connectivity index is 1.05. The number of hydrogen-bond acceptors (Lipinski definition) is 4. The summed E-state index contributed by atoms with van der Waals surface area (Å²) in [6.45, 7) is 0. The van der Waals surface area contributed by atoms with Crippen molar-refractivity contribution >= 4 is 65.6 Å². The SMILES string of the molecule is c1ccc(-c2cccc(-c3ccc4c(c3)oc3c(-c5nc(-c6ccccc6)nc(-c6cccc7c8ccccc8n(-c8ccccc8)c67)n5)cc(-n5c6ccccc6c6ccccc65)cc34)c2)cc1. The number of fused-ring (bicyclic) bond motifs is 9. The van der Waals surface area contributed by atoms with Crippen LogP contribution in [0.15, 0.2) is 241 Å². The lowest BCUT2D eigenvalue weighted by Gasteiger charge is -2.14. The highest BCUT2D eigenvalue weighted by atomic mass is 16.3. The number of benzene rings is 10. The van der Waals surface area contributed by atoms with Crippen LogP contribution in [-0.2, 0) is 0 Å². The van der Waals surface area contributed by atoms with Gasteiger partial charge in [0, 0.05) is 54.8 Å². The number of nitrogens with zero attached hydrogens (tertiary/aromatic N) is 5. The largest absolute Gasteiger partial charge is 0.455 e. The molecular formula is C63H39N5O. The Kier molecular flexibility index (Phi) is 8.79. The Bertz CT molecular complexity index is 4250. The van der Waals surface area contributed by atoms with Crippen molar-refractivity contribution in [2.45, 2.75) is 0 Å². The first-order valence-corrected chi connectivity index (χ1v) is 23.3. The van der Waals surface area contributed by atoms with Crippen molar-refractivity contribution in [3.63, 3.8) is 0 Å². The molecule has 0 saturated heterocycles. The fourth-order valence-electron chi connectivity index (χ4n) is 10.4. The number of para-hydroxylation sites is 5. The molecule has 322 valence electrons. The number of furan rings is 1. The molecule has 0 atom stereocenters. The Labute approximate surface area is 396 Å². The highest BCUT2D eigenvalue weighted by molar-refractivity contribution is 6.15. The lowest BCUT2D eigenvalue weighted by Crippen LogP contribution is -2.03. The van der Waals surface area contributed by atoms with Gasteiger partial charge in [0.1, 0.15) is 11.2 Å². The molecule has 0 bridgehead atoms. The standard InChI is InChI=1S/C63H39N5O/c1-4-18-40(19-5-1)42-22-16-23-43(36-42)44-34-35-50-53-38-46(67-55-31-13-10-26-47(55)48-27-11-14-32-56(48)67)39-54(60(53)69-58(50)37-44)63-65-61(41-20-6-2-7-21-41)64-62(66-63)52-30-17-29-51-49-28-12-15-33-57(49)68(59(51)52)45-24-8-3-9-25-45/h1-39H. The van der Waals surface area contributed by atoms with E-state index >= 15 is 0 Å². The fraction of sp³-hybridized carbons (Fsp3) is 0. The maximum absolute atomic E-state index is 7.13. The van der Waals surface area contributed by atoms with Gasteiger partial charge in [-0.25, -0.2) is 15.0 Å². The molecule has 6 heteroatoms. The normalized spacial score (nSPS) is 11.8. The summed E-state index contributed by atoms with van der Waals surface area (Å²) in [7, 11) is 0. The molecule has 0 fully saturated rings. The van der Waals surface area contributed by atoms with Gasteiger partial charge in [-0.3, -0.25) is 0 Å². The summed E-state index contributed by atoms with van der Waals surface area (Å²) in [5, 5.41) is 6.62. The molecule has 14 rings (SSSR count). The monoisotopic (exact) mass is 881 g/mol. The molecular weight excluding hydrogens is 843 g/mol. The van der Waals surface area contributed by atoms with Crippen molar-refractivity contribution in [2.24, 2.45) is 0 Å². The van der Waals surface area contributed by atoms with E-state index in [2.05, 4.69) is 228 Å². The average Bonchev–Trinajstić information content (AvgIpc) is 4.09. The van der Waals surface area contributed by atoms with Crippen LogP contribution in [0.4, 0.5) is 0 Å². The van der Waals surface area contributed by atoms with Gasteiger partial charge in [0.05, 0.1) is 27.6 Å². The molecule has 0 N–H and O–H groups in total. The van der Waals surface area contributed by atoms with Crippen molar-refractivity contribution in [1.82, 2.24) is 24.1 Å². The molecule has 0 aliphatic rings. The molecule has 14 aromatic rings. The molecule has 4 heterocycles. The van der Waals surface area contributed by atoms with E-state index in [1.165, 1.54) is 16.3 Å². The predicted molar refractivity (Wildman–Crippen MR) is 283 cm³/mol. The van der Waals surface area contributed by atoms with Gasteiger partial charge >= 0.3 is 0 Å². The first-order chi connectivity index (χ1) is 34.2. The molecule has 0 unspecified atom stereocenters. The van der Waals surface area contributed by atoms with Gasteiger partial charge in [-0.15, -0.1) is 0 Å². The van der Waals surface area contributed by atoms with Crippen molar-refractivity contribution < 1.29 is 4.42 Å². The van der Waals surface area contributed by atoms with Crippen LogP contribution < -0.4 is 0 Å². The lowest BCUT2D eigenvalue weighted by atomic mass is 9.98. The van der Waals surface area contributed by atoms with E-state index in [1.54, 1.807) is 0 Å². The second-order valence-electron chi connectivity index (χ2n) is 17.6. The van der Waals surface area contributed by atoms with E-state index in [0.717, 1.165) is 94.0 Å². The molecule has 4 aromatic heterocycles. The van der Waals surface area contributed by atoms with Crippen molar-refractivity contribution in [3.8, 4) is 67.8 Å². The Morgan fingerprint density at radius 1 is 0.290 bits per heavy atom. The molecule has 10 aromatic carbocycles. The zero-order chi connectivity index (χ0) is 45.4. The summed E-state index contributed by atoms with van der Waals surface area (Å²) in [6, 6.07) is 83.2. The Hall–Kier alpha value is -9.39. The highest BCUT2D eigenvalue weighted by Crippen LogP contribution is 2.43. The van der Waals surface area contributed by atoms with Crippen LogP contribution in [0.3, 0.4) is 0 Å². The van der Waals surface area contributed by atoms with Crippen molar-refractivity contribution in [3.05, 3.63) is 237 Å². The van der Waals surface area contributed by atoms with Crippen LogP contribution in [0.1, 0.15) is 0 Å². The molecule has 0 aliphatic heterocycles. The smallest absolute Gasteiger partial charge is 0.167 e. The van der Waals surface area contributed by atoms with Gasteiger partial charge in [-0.05, 0) is 89.0 Å². The second kappa shape index (κ2) is 15.6. The van der Waals surface area contributed by atoms with E-state index in [-0.39, 0.29) is 0 Å². The quantitative estimate of drug-likeness (QED) is 0.160. The van der Waals surface area contributed by atoms with E-state index in [4.69, 9.17) is 19.4 Å². The molecule has 0 spiro atoms. The maximum Gasteiger partial charge on any atom is 0.167 e. The molecule has 0 aliphatic carbocycles. The predicted octanol–water partition coefficient (Wildman–Crippen LogP) is 16.3. The van der Waals surface area contributed by atoms with Gasteiger partial charge < -0.3 is 13.6 Å². The van der Waals surface area contributed by atoms with Gasteiger partial charge in [0.25, 0.3) is 0 Å². The average molecular weight is 882 g/mol. The number of aromatic nitrogens is 5. The second-order valence-corrected chi connectivity index (χ2v) is 17.6. The molecule has 0 radical (unpaired) electrons. The summed E-state index contributed by atoms with van der Waals surface area (Å²) in [4.78, 5) is 16.2. The number of rotatable bonds is 7. The third-order valence-corrected chi connectivity index (χ3v) is 13.6. The van der Waals surface area contributed by atoms with Crippen molar-refractivity contribution in [1.29, 1.82) is 0 Å². The van der Waals surface area contributed by atoms with E-state index in [1.807, 2.05) is 18.2 Å². The van der Waals surface area contributed by atoms with E-state index in [0.29, 0.717) is 23.1 Å². The van der Waals surface area contributed by atoms with Crippen LogP contribution in [0.5, 0.6) is 0 Å². The molecule has 0 amide bonds. The fourth-order valence-corrected chi connectivity index (χ4v) is 10.4. The lowest BCUT2D eigenvalue weighted by molar-refractivity contribution is 0.669. The van der Waals surface area contributed by atoms with Crippen LogP contribution in [0, 0.1) is 0 Å². The minimum absolute atomic E-state index is 0.515. The summed E-state index contributed by atoms with van der Waals surface area (Å²) in [5.74, 6) is 1.65. The highest BCUT2D eigenvalue weighted by Gasteiger charge is 2.24. The van der Waals surface area contributed by atoms with Crippen molar-refractivity contribution in [2.75, 3.05) is 0 Å². The summed E-state index contributed by atoms with van der Waals surface area (Å²) in [6.07, 6.45) is 0. The topological polar surface area (TPSA) is 61.7 Å². The first kappa shape index (κ1) is 38.8. The maximum atomic E-state index is 7.13. The molecule has 69 heavy (non-hydrogen) atoms. The van der Waals surface area contributed by atoms with Crippen LogP contribution in [0.2, 0.25) is 0 Å². The Morgan fingerprint density at radius 3 is 1.49 bits per heavy atom. The third kappa shape index (κ3) is 6.30. The third-order valence-electron chi connectivity index (χ3n) is 13.6. The summed E-state index contributed by atoms with van der Waals surface area (Å²) < 4.78 is 11.8. The minimum atomic E-state index is 0.515. The number of hydrogen-bond donors (Lipinski definition) is 0. The van der Waals surface area contributed by atoms with Crippen LogP contribution >= 0.6 is 0 Å². The van der Waals surface area contributed by atoms with Gasteiger partial charge in [0.15, 0.2) is 17.5 Å². The summed E-state index contributed by atoms with van der Waals surface area (Å²) in [5.41, 5.74) is 15.0. The summed E-state index contributed by atoms with van der Waals surface area (Å²) >= 11 is 0. The van der Waals surface area contributed by atoms with Crippen LogP contribution in [-0.4, -0.2) is 24.1 Å². The molecule has 0 saturated carbocycles. The zero-order valence-corrected chi connectivity index (χ0v) is 37.2. The van der Waals surface area contributed by atoms with Gasteiger partial charge in [0.2, 0.25) is 0 Å². The van der Waals surface area contributed by atoms with Gasteiger partial charge in [-0.1, -0.05) is 170 Å². The van der Waals surface area contributed by atoms with Crippen LogP contribution in [0.25, 0.3) is 133 Å². The van der Waals surface area contributed by atoms with E-state index < -0.39 is 0 Å². The zero-order valence-electron chi connectivity index (χ0n) is 37.2. The Morgan fingerprint density at radius 2 is 0.797 bits per heavy atom. The minimum Gasteiger partial charge on any atom is -0.455 e. The van der Waals surface area contributed by atoms with E-state index in [9.17, 15) is 0 Å². The van der Waals surface area contributed by atoms with Gasteiger partial charge in [-0.2, -0.15) is 0 Å². The molecule has 6 nitrogen and oxygen atoms in total.